The van der Waals surface area contributed by atoms with Gasteiger partial charge in [0.2, 0.25) is 5.71 Å². The number of nitroso groups, excluding NO2 is 1. The Hall–Kier alpha value is -1.91. The fraction of sp³-hybridized carbons (Fsp3) is 0.462. The van der Waals surface area contributed by atoms with Crippen molar-refractivity contribution in [3.05, 3.63) is 46.0 Å². The Morgan fingerprint density at radius 1 is 1.33 bits per heavy atom. The minimum Gasteiger partial charge on any atom is -0.622 e. The summed E-state index contributed by atoms with van der Waals surface area (Å²) in [6, 6.07) is 8.02. The molecule has 1 heterocycles. The Kier molecular flexibility index (Phi) is 1.45. The average molecular weight is 253 g/mol. The maximum atomic E-state index is 13.0. The molecular weight excluding hydrogens is 230 g/mol. The molecule has 0 saturated heterocycles. The number of benzene rings is 1. The van der Waals surface area contributed by atoms with E-state index in [0.717, 1.165) is 0 Å². The van der Waals surface area contributed by atoms with E-state index in [-0.39, 0.29) is 10.5 Å². The Morgan fingerprint density at radius 2 is 1.94 bits per heavy atom. The maximum Gasteiger partial charge on any atom is 0.261 e. The second kappa shape index (κ2) is 3.80. The van der Waals surface area contributed by atoms with Gasteiger partial charge in [-0.15, -0.1) is 4.91 Å². The van der Waals surface area contributed by atoms with Crippen LogP contribution in [-0.4, -0.2) is 26.7 Å². The monoisotopic (exact) mass is 253 g/mol. The zero-order valence-electron chi connectivity index (χ0n) is 16.0. The van der Waals surface area contributed by atoms with Gasteiger partial charge in [0.1, 0.15) is 5.54 Å². The van der Waals surface area contributed by atoms with Crippen molar-refractivity contribution in [1.82, 2.24) is 5.01 Å². The van der Waals surface area contributed by atoms with Crippen LogP contribution in [0, 0.1) is 10.1 Å². The molecule has 0 aliphatic carbocycles. The Balaban J connectivity index is 2.94. The summed E-state index contributed by atoms with van der Waals surface area (Å²) in [5.41, 5.74) is -4.46. The van der Waals surface area contributed by atoms with Crippen LogP contribution in [0.15, 0.2) is 35.6 Å². The summed E-state index contributed by atoms with van der Waals surface area (Å²) in [6.07, 6.45) is 0. The first-order valence-electron chi connectivity index (χ1n) is 8.37. The average Bonchev–Trinajstić information content (AvgIpc) is 2.61. The van der Waals surface area contributed by atoms with Crippen molar-refractivity contribution < 1.29 is 13.0 Å². The van der Waals surface area contributed by atoms with Crippen molar-refractivity contribution in [3.8, 4) is 0 Å². The van der Waals surface area contributed by atoms with Crippen LogP contribution in [0.2, 0.25) is 0 Å². The van der Waals surface area contributed by atoms with Crippen LogP contribution in [-0.2, 0) is 0 Å². The van der Waals surface area contributed by atoms with E-state index in [9.17, 15) is 10.1 Å². The zero-order valence-corrected chi connectivity index (χ0v) is 10.0. The molecule has 0 aromatic heterocycles. The van der Waals surface area contributed by atoms with Crippen LogP contribution in [0.4, 0.5) is 0 Å². The molecule has 0 unspecified atom stereocenters. The zero-order chi connectivity index (χ0) is 18.6. The second-order valence-electron chi connectivity index (χ2n) is 4.63. The lowest BCUT2D eigenvalue weighted by atomic mass is 9.92. The molecule has 0 N–H and O–H groups in total. The molecule has 0 amide bonds. The molecule has 0 atom stereocenters. The molecule has 1 aliphatic heterocycles. The number of rotatable bonds is 2. The van der Waals surface area contributed by atoms with Crippen LogP contribution in [0.5, 0.6) is 0 Å². The van der Waals surface area contributed by atoms with Crippen molar-refractivity contribution in [2.75, 3.05) is 0 Å². The van der Waals surface area contributed by atoms with Gasteiger partial charge in [-0.3, -0.25) is 0 Å². The van der Waals surface area contributed by atoms with E-state index in [4.69, 9.17) is 8.22 Å². The highest BCUT2D eigenvalue weighted by atomic mass is 16.5. The SMILES string of the molecule is [2H]C([2H])([2H])C1(C([2H])([2H])[2H])N(N=O)C(C)(C)C(c2ccccc2)=[N+]1[O-]. The van der Waals surface area contributed by atoms with Gasteiger partial charge in [-0.05, 0) is 26.0 Å². The summed E-state index contributed by atoms with van der Waals surface area (Å²) < 4.78 is 46.1. The first-order valence-corrected chi connectivity index (χ1v) is 5.37. The fourth-order valence-corrected chi connectivity index (χ4v) is 2.23. The van der Waals surface area contributed by atoms with Crippen molar-refractivity contribution in [3.63, 3.8) is 0 Å². The van der Waals surface area contributed by atoms with Gasteiger partial charge >= 0.3 is 0 Å². The highest BCUT2D eigenvalue weighted by molar-refractivity contribution is 6.04. The van der Waals surface area contributed by atoms with E-state index < -0.39 is 24.9 Å². The molecule has 96 valence electrons. The van der Waals surface area contributed by atoms with Crippen LogP contribution < -0.4 is 0 Å². The van der Waals surface area contributed by atoms with Gasteiger partial charge in [-0.1, -0.05) is 18.2 Å². The summed E-state index contributed by atoms with van der Waals surface area (Å²) in [4.78, 5) is 11.5. The normalized spacial score (nSPS) is 27.6. The van der Waals surface area contributed by atoms with Crippen LogP contribution in [0.3, 0.4) is 0 Å². The smallest absolute Gasteiger partial charge is 0.261 e. The summed E-state index contributed by atoms with van der Waals surface area (Å²) in [6.45, 7) is -3.86. The summed E-state index contributed by atoms with van der Waals surface area (Å²) in [5.74, 6) is 0. The summed E-state index contributed by atoms with van der Waals surface area (Å²) in [5, 5.41) is 16.0. The summed E-state index contributed by atoms with van der Waals surface area (Å²) >= 11 is 0. The lowest BCUT2D eigenvalue weighted by Gasteiger charge is -2.30. The van der Waals surface area contributed by atoms with Crippen molar-refractivity contribution in [2.24, 2.45) is 5.29 Å². The van der Waals surface area contributed by atoms with Crippen molar-refractivity contribution >= 4 is 5.71 Å². The third-order valence-electron chi connectivity index (χ3n) is 3.04. The number of hydrogen-bond donors (Lipinski definition) is 0. The van der Waals surface area contributed by atoms with Crippen LogP contribution in [0.1, 0.15) is 41.3 Å². The number of hydroxylamine groups is 1. The predicted octanol–water partition coefficient (Wildman–Crippen LogP) is 2.50. The highest BCUT2D eigenvalue weighted by Gasteiger charge is 2.57. The van der Waals surface area contributed by atoms with E-state index in [1.807, 2.05) is 0 Å². The molecule has 5 nitrogen and oxygen atoms in total. The molecule has 0 saturated carbocycles. The van der Waals surface area contributed by atoms with E-state index in [2.05, 4.69) is 5.29 Å². The molecule has 1 aromatic carbocycles. The Bertz CT molecular complexity index is 667. The quantitative estimate of drug-likeness (QED) is 0.462. The predicted molar refractivity (Wildman–Crippen MR) is 70.0 cm³/mol. The van der Waals surface area contributed by atoms with Gasteiger partial charge in [0, 0.05) is 27.5 Å². The molecule has 18 heavy (non-hydrogen) atoms. The third-order valence-corrected chi connectivity index (χ3v) is 3.04. The molecule has 2 rings (SSSR count). The molecule has 0 fully saturated rings. The van der Waals surface area contributed by atoms with Crippen molar-refractivity contribution in [1.29, 1.82) is 0 Å². The van der Waals surface area contributed by atoms with Crippen LogP contribution in [0.25, 0.3) is 0 Å². The molecular formula is C13H17N3O2. The maximum absolute atomic E-state index is 13.0. The Morgan fingerprint density at radius 3 is 2.39 bits per heavy atom. The van der Waals surface area contributed by atoms with Gasteiger partial charge in [0.25, 0.3) is 5.66 Å². The van der Waals surface area contributed by atoms with Gasteiger partial charge in [-0.2, -0.15) is 9.75 Å². The lowest BCUT2D eigenvalue weighted by molar-refractivity contribution is -0.558. The first-order chi connectivity index (χ1) is 10.8. The fourth-order valence-electron chi connectivity index (χ4n) is 2.23. The van der Waals surface area contributed by atoms with Crippen LogP contribution >= 0.6 is 0 Å². The summed E-state index contributed by atoms with van der Waals surface area (Å²) in [7, 11) is 0. The standard InChI is InChI=1S/C13H17N3O2/c1-12(2)11(10-8-6-5-7-9-10)15(18)13(3,4)16(12)14-17/h5-9H,1-4H3/i3D3,4D3. The van der Waals surface area contributed by atoms with E-state index in [1.54, 1.807) is 30.3 Å². The van der Waals surface area contributed by atoms with Gasteiger partial charge in [-0.25, -0.2) is 0 Å². The first kappa shape index (κ1) is 6.87. The van der Waals surface area contributed by atoms with E-state index in [1.165, 1.54) is 13.8 Å². The molecule has 5 heteroatoms. The van der Waals surface area contributed by atoms with Gasteiger partial charge < -0.3 is 5.21 Å². The number of hydrogen-bond acceptors (Lipinski definition) is 3. The van der Waals surface area contributed by atoms with Crippen molar-refractivity contribution in [2.45, 2.75) is 38.8 Å². The van der Waals surface area contributed by atoms with Gasteiger partial charge in [0.15, 0.2) is 0 Å². The number of nitrogens with zero attached hydrogens (tertiary/aromatic N) is 3. The topological polar surface area (TPSA) is 58.7 Å². The largest absolute Gasteiger partial charge is 0.622 e. The third kappa shape index (κ3) is 1.50. The molecule has 0 bridgehead atoms. The molecule has 1 aromatic rings. The minimum atomic E-state index is -3.32. The van der Waals surface area contributed by atoms with E-state index in [0.29, 0.717) is 10.6 Å². The second-order valence-corrected chi connectivity index (χ2v) is 4.63. The molecule has 0 radical (unpaired) electrons. The molecule has 0 spiro atoms. The lowest BCUT2D eigenvalue weighted by Crippen LogP contribution is -2.50. The van der Waals surface area contributed by atoms with Gasteiger partial charge in [0.05, 0.1) is 5.29 Å². The van der Waals surface area contributed by atoms with E-state index >= 15 is 0 Å². The highest BCUT2D eigenvalue weighted by Crippen LogP contribution is 2.36. The minimum absolute atomic E-state index is 0.0796. The molecule has 1 aliphatic rings. The Labute approximate surface area is 115 Å².